The van der Waals surface area contributed by atoms with Gasteiger partial charge in [0.25, 0.3) is 0 Å². The van der Waals surface area contributed by atoms with E-state index < -0.39 is 17.9 Å². The van der Waals surface area contributed by atoms with Crippen molar-refractivity contribution < 1.29 is 43.3 Å². The van der Waals surface area contributed by atoms with Gasteiger partial charge in [-0.2, -0.15) is 0 Å². The van der Waals surface area contributed by atoms with E-state index in [1.54, 1.807) is 24.4 Å². The number of hydrogen-bond donors (Lipinski definition) is 4. The van der Waals surface area contributed by atoms with E-state index in [4.69, 9.17) is 29.3 Å². The second-order valence-corrected chi connectivity index (χ2v) is 7.88. The Balaban J connectivity index is 0.000000604. The molecule has 1 aromatic carbocycles. The maximum atomic E-state index is 13.2. The molecule has 184 valence electrons. The molecule has 3 rings (SSSR count). The smallest absolute Gasteiger partial charge is 0.414 e. The van der Waals surface area contributed by atoms with Crippen LogP contribution in [0.1, 0.15) is 30.1 Å². The molecule has 12 heteroatoms. The number of amides is 1. The van der Waals surface area contributed by atoms with Crippen LogP contribution in [0.3, 0.4) is 0 Å². The summed E-state index contributed by atoms with van der Waals surface area (Å²) in [6.45, 7) is 3.43. The number of aliphatic carboxylic acids is 2. The maximum absolute atomic E-state index is 13.2. The molecule has 0 spiro atoms. The number of thiophene rings is 1. The minimum atomic E-state index is -1.82. The van der Waals surface area contributed by atoms with E-state index >= 15 is 0 Å². The SMILES string of the molecule is CCOC(=O)c1c(-c2ccc(F)cc2)csc1NC(=O)CNCC1CCCO1.O=C(O)C(=O)O. The number of ether oxygens (including phenoxy) is 2. The summed E-state index contributed by atoms with van der Waals surface area (Å²) in [5, 5.41) is 22.8. The zero-order valence-corrected chi connectivity index (χ0v) is 19.2. The highest BCUT2D eigenvalue weighted by Crippen LogP contribution is 2.36. The van der Waals surface area contributed by atoms with Crippen LogP contribution in [-0.4, -0.2) is 66.4 Å². The third kappa shape index (κ3) is 8.21. The summed E-state index contributed by atoms with van der Waals surface area (Å²) < 4.78 is 23.9. The van der Waals surface area contributed by atoms with Crippen LogP contribution in [0.4, 0.5) is 9.39 Å². The Kier molecular flexibility index (Phi) is 10.6. The molecular formula is C22H25FN2O8S. The lowest BCUT2D eigenvalue weighted by Gasteiger charge is -2.11. The van der Waals surface area contributed by atoms with Gasteiger partial charge >= 0.3 is 17.9 Å². The lowest BCUT2D eigenvalue weighted by molar-refractivity contribution is -0.159. The van der Waals surface area contributed by atoms with E-state index in [-0.39, 0.29) is 36.5 Å². The number of anilines is 1. The summed E-state index contributed by atoms with van der Waals surface area (Å²) >= 11 is 1.24. The van der Waals surface area contributed by atoms with Gasteiger partial charge in [-0.05, 0) is 37.5 Å². The molecule has 0 bridgehead atoms. The number of carboxylic acid groups (broad SMARTS) is 2. The number of hydrogen-bond acceptors (Lipinski definition) is 8. The maximum Gasteiger partial charge on any atom is 0.414 e. The first kappa shape index (κ1) is 26.9. The molecule has 10 nitrogen and oxygen atoms in total. The van der Waals surface area contributed by atoms with Crippen LogP contribution in [0.5, 0.6) is 0 Å². The van der Waals surface area contributed by atoms with E-state index in [0.29, 0.717) is 22.7 Å². The average molecular weight is 497 g/mol. The van der Waals surface area contributed by atoms with Crippen LogP contribution in [0.15, 0.2) is 29.6 Å². The van der Waals surface area contributed by atoms with Crippen molar-refractivity contribution in [2.45, 2.75) is 25.9 Å². The molecular weight excluding hydrogens is 471 g/mol. The quantitative estimate of drug-likeness (QED) is 0.319. The fourth-order valence-corrected chi connectivity index (χ4v) is 3.99. The van der Waals surface area contributed by atoms with Crippen molar-refractivity contribution in [1.29, 1.82) is 0 Å². The van der Waals surface area contributed by atoms with Gasteiger partial charge in [0.15, 0.2) is 0 Å². The van der Waals surface area contributed by atoms with Crippen LogP contribution in [-0.2, 0) is 23.9 Å². The molecule has 0 aliphatic carbocycles. The van der Waals surface area contributed by atoms with E-state index in [1.807, 2.05) is 0 Å². The number of halogens is 1. The molecule has 1 aromatic heterocycles. The molecule has 34 heavy (non-hydrogen) atoms. The second-order valence-electron chi connectivity index (χ2n) is 7.01. The molecule has 1 atom stereocenters. The van der Waals surface area contributed by atoms with Crippen LogP contribution in [0, 0.1) is 5.82 Å². The molecule has 1 unspecified atom stereocenters. The fourth-order valence-electron chi connectivity index (χ4n) is 3.02. The monoisotopic (exact) mass is 496 g/mol. The lowest BCUT2D eigenvalue weighted by atomic mass is 10.0. The van der Waals surface area contributed by atoms with Crippen molar-refractivity contribution >= 4 is 40.2 Å². The largest absolute Gasteiger partial charge is 0.473 e. The van der Waals surface area contributed by atoms with Crippen molar-refractivity contribution in [3.05, 3.63) is 41.0 Å². The topological polar surface area (TPSA) is 151 Å². The second kappa shape index (κ2) is 13.4. The molecule has 1 amide bonds. The highest BCUT2D eigenvalue weighted by atomic mass is 32.1. The van der Waals surface area contributed by atoms with Crippen LogP contribution >= 0.6 is 11.3 Å². The third-order valence-corrected chi connectivity index (χ3v) is 5.44. The summed E-state index contributed by atoms with van der Waals surface area (Å²) in [5.74, 6) is -4.78. The lowest BCUT2D eigenvalue weighted by Crippen LogP contribution is -2.33. The fraction of sp³-hybridized carbons (Fsp3) is 0.364. The van der Waals surface area contributed by atoms with Gasteiger partial charge in [0.1, 0.15) is 16.4 Å². The van der Waals surface area contributed by atoms with Gasteiger partial charge in [-0.25, -0.2) is 18.8 Å². The van der Waals surface area contributed by atoms with Gasteiger partial charge in [0.2, 0.25) is 5.91 Å². The molecule has 0 saturated carbocycles. The Labute approximate surface area is 198 Å². The van der Waals surface area contributed by atoms with Gasteiger partial charge in [0, 0.05) is 24.1 Å². The molecule has 2 heterocycles. The standard InChI is InChI=1S/C20H23FN2O4S.C2H2O4/c1-2-26-20(25)18-16(13-5-7-14(21)8-6-13)12-28-19(18)23-17(24)11-22-10-15-4-3-9-27-15;3-1(4)2(5)6/h5-8,12,15,22H,2-4,9-11H2,1H3,(H,23,24);(H,3,4)(H,5,6). The van der Waals surface area contributed by atoms with Crippen LogP contribution in [0.25, 0.3) is 11.1 Å². The van der Waals surface area contributed by atoms with Crippen LogP contribution in [0.2, 0.25) is 0 Å². The predicted molar refractivity (Wildman–Crippen MR) is 121 cm³/mol. The van der Waals surface area contributed by atoms with Crippen molar-refractivity contribution in [2.24, 2.45) is 0 Å². The van der Waals surface area contributed by atoms with Crippen LogP contribution < -0.4 is 10.6 Å². The molecule has 1 saturated heterocycles. The minimum Gasteiger partial charge on any atom is -0.473 e. The van der Waals surface area contributed by atoms with E-state index in [9.17, 15) is 14.0 Å². The molecule has 4 N–H and O–H groups in total. The Morgan fingerprint density at radius 1 is 1.18 bits per heavy atom. The van der Waals surface area contributed by atoms with Gasteiger partial charge in [-0.15, -0.1) is 11.3 Å². The zero-order valence-electron chi connectivity index (χ0n) is 18.3. The first-order valence-corrected chi connectivity index (χ1v) is 11.2. The average Bonchev–Trinajstić information content (AvgIpc) is 3.45. The zero-order chi connectivity index (χ0) is 25.1. The predicted octanol–water partition coefficient (Wildman–Crippen LogP) is 2.59. The summed E-state index contributed by atoms with van der Waals surface area (Å²) in [6.07, 6.45) is 2.19. The number of esters is 1. The highest BCUT2D eigenvalue weighted by molar-refractivity contribution is 7.15. The number of rotatable bonds is 8. The van der Waals surface area contributed by atoms with E-state index in [2.05, 4.69) is 10.6 Å². The number of carboxylic acids is 2. The summed E-state index contributed by atoms with van der Waals surface area (Å²) in [4.78, 5) is 43.0. The molecule has 1 fully saturated rings. The van der Waals surface area contributed by atoms with Crippen molar-refractivity contribution in [3.8, 4) is 11.1 Å². The Hall–Kier alpha value is -3.35. The van der Waals surface area contributed by atoms with Crippen molar-refractivity contribution in [2.75, 3.05) is 31.6 Å². The molecule has 1 aliphatic rings. The highest BCUT2D eigenvalue weighted by Gasteiger charge is 2.23. The van der Waals surface area contributed by atoms with Gasteiger partial charge in [0.05, 0.1) is 19.3 Å². The number of nitrogens with one attached hydrogen (secondary N) is 2. The molecule has 2 aromatic rings. The Bertz CT molecular complexity index is 991. The Morgan fingerprint density at radius 2 is 1.85 bits per heavy atom. The number of carbonyl (C=O) groups excluding carboxylic acids is 2. The summed E-state index contributed by atoms with van der Waals surface area (Å²) in [6, 6.07) is 5.84. The van der Waals surface area contributed by atoms with Gasteiger partial charge in [-0.3, -0.25) is 4.79 Å². The summed E-state index contributed by atoms with van der Waals surface area (Å²) in [7, 11) is 0. The normalized spacial score (nSPS) is 14.6. The molecule has 1 aliphatic heterocycles. The number of benzene rings is 1. The first-order chi connectivity index (χ1) is 16.2. The first-order valence-electron chi connectivity index (χ1n) is 10.4. The Morgan fingerprint density at radius 3 is 2.41 bits per heavy atom. The van der Waals surface area contributed by atoms with E-state index in [1.165, 1.54) is 23.5 Å². The number of carbonyl (C=O) groups is 4. The minimum absolute atomic E-state index is 0.117. The third-order valence-electron chi connectivity index (χ3n) is 4.54. The van der Waals surface area contributed by atoms with Crippen molar-refractivity contribution in [1.82, 2.24) is 5.32 Å². The van der Waals surface area contributed by atoms with Crippen molar-refractivity contribution in [3.63, 3.8) is 0 Å². The summed E-state index contributed by atoms with van der Waals surface area (Å²) in [5.41, 5.74) is 1.56. The van der Waals surface area contributed by atoms with E-state index in [0.717, 1.165) is 19.4 Å². The van der Waals surface area contributed by atoms with Gasteiger partial charge < -0.3 is 30.3 Å². The molecule has 0 radical (unpaired) electrons. The van der Waals surface area contributed by atoms with Gasteiger partial charge in [-0.1, -0.05) is 12.1 Å².